The first-order valence-electron chi connectivity index (χ1n) is 6.26. The molecule has 0 amide bonds. The number of aryl methyl sites for hydroxylation is 1. The number of nitrogen functional groups attached to an aromatic ring is 1. The Bertz CT molecular complexity index is 701. The lowest BCUT2D eigenvalue weighted by atomic mass is 10.2. The molecule has 3 heteroatoms. The molecule has 96 valence electrons. The Kier molecular flexibility index (Phi) is 2.88. The third-order valence-electron chi connectivity index (χ3n) is 3.35. The molecule has 0 saturated carbocycles. The topological polar surface area (TPSA) is 40.2 Å². The molecule has 0 spiro atoms. The van der Waals surface area contributed by atoms with Gasteiger partial charge in [-0.15, -0.1) is 0 Å². The lowest BCUT2D eigenvalue weighted by molar-refractivity contribution is 0.298. The number of anilines is 1. The summed E-state index contributed by atoms with van der Waals surface area (Å²) in [6.07, 6.45) is 0. The summed E-state index contributed by atoms with van der Waals surface area (Å²) >= 11 is 0. The molecule has 19 heavy (non-hydrogen) atoms. The van der Waals surface area contributed by atoms with Gasteiger partial charge in [0.05, 0.1) is 11.2 Å². The highest BCUT2D eigenvalue weighted by Crippen LogP contribution is 2.25. The Hall–Kier alpha value is -2.42. The molecular weight excluding hydrogens is 236 g/mol. The number of nitrogens with zero attached hydrogens (tertiary/aromatic N) is 1. The molecule has 0 atom stereocenters. The SMILES string of the molecule is Cn1c(COc2ccccc2)cc2c(N)cccc21. The van der Waals surface area contributed by atoms with Crippen molar-refractivity contribution in [3.05, 3.63) is 60.3 Å². The van der Waals surface area contributed by atoms with Gasteiger partial charge in [-0.3, -0.25) is 0 Å². The second-order valence-electron chi connectivity index (χ2n) is 4.58. The second kappa shape index (κ2) is 4.69. The average Bonchev–Trinajstić information content (AvgIpc) is 2.77. The number of ether oxygens (including phenoxy) is 1. The van der Waals surface area contributed by atoms with Crippen molar-refractivity contribution < 1.29 is 4.74 Å². The summed E-state index contributed by atoms with van der Waals surface area (Å²) in [6.45, 7) is 0.536. The van der Waals surface area contributed by atoms with Crippen molar-refractivity contribution >= 4 is 16.6 Å². The summed E-state index contributed by atoms with van der Waals surface area (Å²) in [4.78, 5) is 0. The van der Waals surface area contributed by atoms with Crippen LogP contribution in [0.4, 0.5) is 5.69 Å². The standard InChI is InChI=1S/C16H16N2O/c1-18-12(11-19-13-6-3-2-4-7-13)10-14-15(17)8-5-9-16(14)18/h2-10H,11,17H2,1H3. The van der Waals surface area contributed by atoms with Gasteiger partial charge >= 0.3 is 0 Å². The quantitative estimate of drug-likeness (QED) is 0.726. The third kappa shape index (κ3) is 2.15. The van der Waals surface area contributed by atoms with Crippen molar-refractivity contribution in [3.63, 3.8) is 0 Å². The first-order chi connectivity index (χ1) is 9.25. The Balaban J connectivity index is 1.89. The number of nitrogens with two attached hydrogens (primary N) is 1. The lowest BCUT2D eigenvalue weighted by Crippen LogP contribution is -2.01. The molecule has 0 unspecified atom stereocenters. The zero-order valence-corrected chi connectivity index (χ0v) is 10.8. The van der Waals surface area contributed by atoms with Crippen LogP contribution in [-0.4, -0.2) is 4.57 Å². The van der Waals surface area contributed by atoms with Crippen LogP contribution >= 0.6 is 0 Å². The molecule has 2 N–H and O–H groups in total. The van der Waals surface area contributed by atoms with Crippen molar-refractivity contribution in [2.45, 2.75) is 6.61 Å². The summed E-state index contributed by atoms with van der Waals surface area (Å²) in [5.74, 6) is 0.876. The molecule has 0 aliphatic rings. The van der Waals surface area contributed by atoms with Gasteiger partial charge in [-0.25, -0.2) is 0 Å². The molecule has 1 heterocycles. The van der Waals surface area contributed by atoms with E-state index in [0.29, 0.717) is 6.61 Å². The summed E-state index contributed by atoms with van der Waals surface area (Å²) in [5, 5.41) is 1.08. The van der Waals surface area contributed by atoms with Gasteiger partial charge in [-0.2, -0.15) is 0 Å². The Morgan fingerprint density at radius 2 is 1.84 bits per heavy atom. The minimum absolute atomic E-state index is 0.536. The molecule has 0 fully saturated rings. The van der Waals surface area contributed by atoms with Crippen LogP contribution in [0.25, 0.3) is 10.9 Å². The van der Waals surface area contributed by atoms with Gasteiger partial charge in [-0.1, -0.05) is 24.3 Å². The van der Waals surface area contributed by atoms with Crippen LogP contribution < -0.4 is 10.5 Å². The maximum absolute atomic E-state index is 5.99. The second-order valence-corrected chi connectivity index (χ2v) is 4.58. The zero-order chi connectivity index (χ0) is 13.2. The first-order valence-corrected chi connectivity index (χ1v) is 6.26. The van der Waals surface area contributed by atoms with Gasteiger partial charge in [0.2, 0.25) is 0 Å². The number of benzene rings is 2. The number of rotatable bonds is 3. The summed E-state index contributed by atoms with van der Waals surface area (Å²) < 4.78 is 7.90. The van der Waals surface area contributed by atoms with Crippen LogP contribution in [0.5, 0.6) is 5.75 Å². The van der Waals surface area contributed by atoms with E-state index in [9.17, 15) is 0 Å². The molecule has 3 nitrogen and oxygen atoms in total. The lowest BCUT2D eigenvalue weighted by Gasteiger charge is -2.07. The molecule has 0 radical (unpaired) electrons. The fourth-order valence-electron chi connectivity index (χ4n) is 2.25. The predicted octanol–water partition coefficient (Wildman–Crippen LogP) is 3.34. The number of aromatic nitrogens is 1. The third-order valence-corrected chi connectivity index (χ3v) is 3.35. The molecular formula is C16H16N2O. The highest BCUT2D eigenvalue weighted by Gasteiger charge is 2.08. The van der Waals surface area contributed by atoms with Crippen LogP contribution in [0.3, 0.4) is 0 Å². The molecule has 1 aromatic heterocycles. The monoisotopic (exact) mass is 252 g/mol. The summed E-state index contributed by atoms with van der Waals surface area (Å²) in [5.41, 5.74) is 9.04. The molecule has 3 aromatic rings. The predicted molar refractivity (Wildman–Crippen MR) is 78.1 cm³/mol. The number of fused-ring (bicyclic) bond motifs is 1. The average molecular weight is 252 g/mol. The van der Waals surface area contributed by atoms with Crippen molar-refractivity contribution in [1.82, 2.24) is 4.57 Å². The van der Waals surface area contributed by atoms with Crippen molar-refractivity contribution in [2.24, 2.45) is 7.05 Å². The molecule has 2 aromatic carbocycles. The van der Waals surface area contributed by atoms with Gasteiger partial charge in [0.1, 0.15) is 12.4 Å². The van der Waals surface area contributed by atoms with Gasteiger partial charge in [-0.05, 0) is 30.3 Å². The minimum Gasteiger partial charge on any atom is -0.487 e. The molecule has 0 saturated heterocycles. The van der Waals surface area contributed by atoms with Crippen LogP contribution in [0.2, 0.25) is 0 Å². The number of hydrogen-bond acceptors (Lipinski definition) is 2. The van der Waals surface area contributed by atoms with E-state index >= 15 is 0 Å². The molecule has 0 aliphatic heterocycles. The van der Waals surface area contributed by atoms with Gasteiger partial charge in [0.25, 0.3) is 0 Å². The van der Waals surface area contributed by atoms with E-state index in [4.69, 9.17) is 10.5 Å². The fourth-order valence-corrected chi connectivity index (χ4v) is 2.25. The van der Waals surface area contributed by atoms with Crippen molar-refractivity contribution in [2.75, 3.05) is 5.73 Å². The smallest absolute Gasteiger partial charge is 0.128 e. The van der Waals surface area contributed by atoms with E-state index in [2.05, 4.69) is 16.7 Å². The Labute approximate surface area is 112 Å². The van der Waals surface area contributed by atoms with E-state index in [0.717, 1.165) is 28.0 Å². The van der Waals surface area contributed by atoms with Gasteiger partial charge < -0.3 is 15.0 Å². The Morgan fingerprint density at radius 3 is 2.58 bits per heavy atom. The molecule has 0 aliphatic carbocycles. The fraction of sp³-hybridized carbons (Fsp3) is 0.125. The number of hydrogen-bond donors (Lipinski definition) is 1. The first kappa shape index (κ1) is 11.7. The largest absolute Gasteiger partial charge is 0.487 e. The van der Waals surface area contributed by atoms with E-state index in [1.54, 1.807) is 0 Å². The highest BCUT2D eigenvalue weighted by molar-refractivity contribution is 5.92. The van der Waals surface area contributed by atoms with E-state index in [-0.39, 0.29) is 0 Å². The Morgan fingerprint density at radius 1 is 1.05 bits per heavy atom. The maximum Gasteiger partial charge on any atom is 0.128 e. The van der Waals surface area contributed by atoms with Gasteiger partial charge in [0, 0.05) is 18.1 Å². The molecule has 0 bridgehead atoms. The van der Waals surface area contributed by atoms with Gasteiger partial charge in [0.15, 0.2) is 0 Å². The highest BCUT2D eigenvalue weighted by atomic mass is 16.5. The van der Waals surface area contributed by atoms with E-state index in [1.165, 1.54) is 0 Å². The number of para-hydroxylation sites is 1. The minimum atomic E-state index is 0.536. The van der Waals surface area contributed by atoms with Crippen molar-refractivity contribution in [1.29, 1.82) is 0 Å². The zero-order valence-electron chi connectivity index (χ0n) is 10.8. The normalized spacial score (nSPS) is 10.8. The summed E-state index contributed by atoms with van der Waals surface area (Å²) in [7, 11) is 2.03. The molecule has 3 rings (SSSR count). The van der Waals surface area contributed by atoms with E-state index in [1.807, 2.05) is 49.5 Å². The maximum atomic E-state index is 5.99. The van der Waals surface area contributed by atoms with Crippen LogP contribution in [-0.2, 0) is 13.7 Å². The van der Waals surface area contributed by atoms with Crippen LogP contribution in [0.1, 0.15) is 5.69 Å². The summed E-state index contributed by atoms with van der Waals surface area (Å²) in [6, 6.07) is 17.9. The van der Waals surface area contributed by atoms with E-state index < -0.39 is 0 Å². The van der Waals surface area contributed by atoms with Crippen LogP contribution in [0.15, 0.2) is 54.6 Å². The van der Waals surface area contributed by atoms with Crippen LogP contribution in [0, 0.1) is 0 Å². The van der Waals surface area contributed by atoms with Crippen molar-refractivity contribution in [3.8, 4) is 5.75 Å².